The lowest BCUT2D eigenvalue weighted by Gasteiger charge is -2.20. The predicted molar refractivity (Wildman–Crippen MR) is 67.7 cm³/mol. The Bertz CT molecular complexity index is 398. The molecule has 1 aromatic heterocycles. The van der Waals surface area contributed by atoms with Gasteiger partial charge in [0.05, 0.1) is 19.6 Å². The summed E-state index contributed by atoms with van der Waals surface area (Å²) in [6.45, 7) is 4.74. The molecule has 0 aromatic carbocycles. The third-order valence-electron chi connectivity index (χ3n) is 2.40. The largest absolute Gasteiger partial charge is 0.478 e. The van der Waals surface area contributed by atoms with Gasteiger partial charge >= 0.3 is 5.97 Å². The summed E-state index contributed by atoms with van der Waals surface area (Å²) >= 11 is 0. The predicted octanol–water partition coefficient (Wildman–Crippen LogP) is 1.12. The van der Waals surface area contributed by atoms with Crippen molar-refractivity contribution in [2.45, 2.75) is 13.8 Å². The van der Waals surface area contributed by atoms with Crippen molar-refractivity contribution < 1.29 is 14.3 Å². The van der Waals surface area contributed by atoms with Crippen molar-refractivity contribution in [2.24, 2.45) is 5.92 Å². The fourth-order valence-corrected chi connectivity index (χ4v) is 1.51. The first kappa shape index (κ1) is 14.2. The third kappa shape index (κ3) is 3.87. The Morgan fingerprint density at radius 1 is 1.56 bits per heavy atom. The van der Waals surface area contributed by atoms with E-state index in [0.29, 0.717) is 25.0 Å². The fraction of sp³-hybridized carbons (Fsp3) is 0.583. The van der Waals surface area contributed by atoms with Crippen molar-refractivity contribution in [1.29, 1.82) is 0 Å². The second-order valence-electron chi connectivity index (χ2n) is 3.93. The van der Waals surface area contributed by atoms with Crippen molar-refractivity contribution in [3.63, 3.8) is 0 Å². The van der Waals surface area contributed by atoms with Gasteiger partial charge in [0, 0.05) is 25.9 Å². The van der Waals surface area contributed by atoms with Gasteiger partial charge in [0.2, 0.25) is 11.8 Å². The van der Waals surface area contributed by atoms with Crippen LogP contribution in [-0.2, 0) is 9.53 Å². The van der Waals surface area contributed by atoms with Crippen LogP contribution in [0.5, 0.6) is 5.88 Å². The topological polar surface area (TPSA) is 64.5 Å². The number of rotatable bonds is 6. The summed E-state index contributed by atoms with van der Waals surface area (Å²) in [6.07, 6.45) is 1.63. The van der Waals surface area contributed by atoms with Crippen LogP contribution in [0.25, 0.3) is 0 Å². The van der Waals surface area contributed by atoms with E-state index in [1.807, 2.05) is 14.0 Å². The molecule has 0 aliphatic carbocycles. The Balaban J connectivity index is 2.68. The number of ether oxygens (including phenoxy) is 2. The molecule has 18 heavy (non-hydrogen) atoms. The van der Waals surface area contributed by atoms with E-state index in [4.69, 9.17) is 4.74 Å². The Morgan fingerprint density at radius 2 is 2.28 bits per heavy atom. The minimum atomic E-state index is -0.247. The van der Waals surface area contributed by atoms with Crippen LogP contribution >= 0.6 is 0 Å². The van der Waals surface area contributed by atoms with E-state index >= 15 is 0 Å². The van der Waals surface area contributed by atoms with Crippen molar-refractivity contribution in [3.8, 4) is 5.88 Å². The van der Waals surface area contributed by atoms with E-state index in [1.54, 1.807) is 24.1 Å². The van der Waals surface area contributed by atoms with Crippen LogP contribution in [0.2, 0.25) is 0 Å². The molecule has 100 valence electrons. The molecule has 1 aromatic rings. The van der Waals surface area contributed by atoms with Gasteiger partial charge in [-0.1, -0.05) is 6.92 Å². The Hall–Kier alpha value is -1.85. The molecule has 6 nitrogen and oxygen atoms in total. The number of carbonyl (C=O) groups is 1. The van der Waals surface area contributed by atoms with Crippen LogP contribution in [0, 0.1) is 5.92 Å². The molecule has 0 saturated heterocycles. The van der Waals surface area contributed by atoms with Gasteiger partial charge in [-0.05, 0) is 6.92 Å². The van der Waals surface area contributed by atoms with Gasteiger partial charge in [-0.15, -0.1) is 0 Å². The second kappa shape index (κ2) is 6.78. The van der Waals surface area contributed by atoms with Gasteiger partial charge in [-0.3, -0.25) is 4.79 Å². The maximum atomic E-state index is 11.3. The summed E-state index contributed by atoms with van der Waals surface area (Å²) in [6, 6.07) is 1.70. The first-order chi connectivity index (χ1) is 8.58. The van der Waals surface area contributed by atoms with E-state index in [9.17, 15) is 4.79 Å². The van der Waals surface area contributed by atoms with E-state index in [1.165, 1.54) is 7.11 Å². The van der Waals surface area contributed by atoms with E-state index in [-0.39, 0.29) is 11.9 Å². The summed E-state index contributed by atoms with van der Waals surface area (Å²) in [5.41, 5.74) is 0. The zero-order valence-electron chi connectivity index (χ0n) is 11.2. The van der Waals surface area contributed by atoms with Gasteiger partial charge < -0.3 is 14.4 Å². The van der Waals surface area contributed by atoms with Crippen LogP contribution < -0.4 is 9.64 Å². The van der Waals surface area contributed by atoms with Crippen LogP contribution in [-0.4, -0.2) is 43.2 Å². The Labute approximate surface area is 107 Å². The zero-order chi connectivity index (χ0) is 13.5. The maximum absolute atomic E-state index is 11.3. The normalized spacial score (nSPS) is 11.8. The average molecular weight is 253 g/mol. The summed E-state index contributed by atoms with van der Waals surface area (Å²) in [4.78, 5) is 21.5. The summed E-state index contributed by atoms with van der Waals surface area (Å²) in [5.74, 6) is 0.568. The number of hydrogen-bond donors (Lipinski definition) is 0. The highest BCUT2D eigenvalue weighted by atomic mass is 16.5. The van der Waals surface area contributed by atoms with Crippen LogP contribution in [0.15, 0.2) is 12.3 Å². The average Bonchev–Trinajstić information content (AvgIpc) is 2.38. The van der Waals surface area contributed by atoms with Crippen molar-refractivity contribution >= 4 is 11.9 Å². The Morgan fingerprint density at radius 3 is 2.89 bits per heavy atom. The first-order valence-electron chi connectivity index (χ1n) is 5.83. The number of esters is 1. The molecule has 0 aliphatic rings. The third-order valence-corrected chi connectivity index (χ3v) is 2.40. The number of nitrogens with zero attached hydrogens (tertiary/aromatic N) is 3. The van der Waals surface area contributed by atoms with Crippen molar-refractivity contribution in [2.75, 3.05) is 32.2 Å². The number of methoxy groups -OCH3 is 1. The molecule has 0 saturated carbocycles. The van der Waals surface area contributed by atoms with Gasteiger partial charge in [0.15, 0.2) is 0 Å². The highest BCUT2D eigenvalue weighted by molar-refractivity contribution is 5.72. The molecular formula is C12H19N3O3. The lowest BCUT2D eigenvalue weighted by atomic mass is 10.2. The summed E-state index contributed by atoms with van der Waals surface area (Å²) in [5, 5.41) is 0. The molecule has 1 atom stereocenters. The van der Waals surface area contributed by atoms with E-state index in [0.717, 1.165) is 0 Å². The number of anilines is 1. The minimum Gasteiger partial charge on any atom is -0.478 e. The molecule has 6 heteroatoms. The van der Waals surface area contributed by atoms with Crippen LogP contribution in [0.4, 0.5) is 5.95 Å². The monoisotopic (exact) mass is 253 g/mol. The molecule has 0 aliphatic heterocycles. The quantitative estimate of drug-likeness (QED) is 0.708. The molecule has 0 radical (unpaired) electrons. The highest BCUT2D eigenvalue weighted by Crippen LogP contribution is 2.13. The van der Waals surface area contributed by atoms with Crippen LogP contribution in [0.3, 0.4) is 0 Å². The molecule has 0 spiro atoms. The molecule has 0 amide bonds. The first-order valence-corrected chi connectivity index (χ1v) is 5.83. The van der Waals surface area contributed by atoms with Crippen LogP contribution in [0.1, 0.15) is 13.8 Å². The minimum absolute atomic E-state index is 0.237. The van der Waals surface area contributed by atoms with Crippen molar-refractivity contribution in [1.82, 2.24) is 9.97 Å². The lowest BCUT2D eigenvalue weighted by molar-refractivity contribution is -0.144. The molecule has 0 N–H and O–H groups in total. The standard InChI is InChI=1S/C12H19N3O3/c1-5-18-10-6-7-13-12(14-10)15(3)8-9(2)11(16)17-4/h6-7,9H,5,8H2,1-4H3. The molecule has 0 fully saturated rings. The summed E-state index contributed by atoms with van der Waals surface area (Å²) < 4.78 is 9.98. The summed E-state index contributed by atoms with van der Waals surface area (Å²) in [7, 11) is 3.20. The second-order valence-corrected chi connectivity index (χ2v) is 3.93. The van der Waals surface area contributed by atoms with E-state index < -0.39 is 0 Å². The lowest BCUT2D eigenvalue weighted by Crippen LogP contribution is -2.30. The van der Waals surface area contributed by atoms with Crippen molar-refractivity contribution in [3.05, 3.63) is 12.3 Å². The molecule has 1 rings (SSSR count). The van der Waals surface area contributed by atoms with Gasteiger partial charge in [0.1, 0.15) is 0 Å². The Kier molecular flexibility index (Phi) is 5.35. The van der Waals surface area contributed by atoms with Gasteiger partial charge in [-0.25, -0.2) is 4.98 Å². The molecule has 1 heterocycles. The van der Waals surface area contributed by atoms with Gasteiger partial charge in [0.25, 0.3) is 0 Å². The SMILES string of the molecule is CCOc1ccnc(N(C)CC(C)C(=O)OC)n1. The smallest absolute Gasteiger partial charge is 0.310 e. The van der Waals surface area contributed by atoms with E-state index in [2.05, 4.69) is 14.7 Å². The maximum Gasteiger partial charge on any atom is 0.310 e. The number of hydrogen-bond acceptors (Lipinski definition) is 6. The zero-order valence-corrected chi connectivity index (χ0v) is 11.2. The highest BCUT2D eigenvalue weighted by Gasteiger charge is 2.17. The number of aromatic nitrogens is 2. The van der Waals surface area contributed by atoms with Gasteiger partial charge in [-0.2, -0.15) is 4.98 Å². The molecular weight excluding hydrogens is 234 g/mol. The fourth-order valence-electron chi connectivity index (χ4n) is 1.51. The number of carbonyl (C=O) groups excluding carboxylic acids is 1. The molecule has 0 bridgehead atoms. The molecule has 1 unspecified atom stereocenters.